The molecule has 0 unspecified atom stereocenters. The minimum atomic E-state index is -0.427. The highest BCUT2D eigenvalue weighted by Gasteiger charge is 2.51. The molecule has 12 aromatic rings. The third kappa shape index (κ3) is 6.05. The van der Waals surface area contributed by atoms with Crippen LogP contribution in [0.2, 0.25) is 0 Å². The van der Waals surface area contributed by atoms with Crippen molar-refractivity contribution in [1.82, 2.24) is 0 Å². The van der Waals surface area contributed by atoms with Crippen LogP contribution < -0.4 is 4.90 Å². The van der Waals surface area contributed by atoms with Gasteiger partial charge in [0.25, 0.3) is 0 Å². The minimum absolute atomic E-state index is 0.427. The van der Waals surface area contributed by atoms with E-state index >= 15 is 0 Å². The van der Waals surface area contributed by atoms with E-state index in [1.807, 2.05) is 0 Å². The van der Waals surface area contributed by atoms with Crippen LogP contribution in [-0.2, 0) is 5.41 Å². The summed E-state index contributed by atoms with van der Waals surface area (Å²) < 4.78 is 0. The van der Waals surface area contributed by atoms with Crippen molar-refractivity contribution in [2.45, 2.75) is 5.41 Å². The van der Waals surface area contributed by atoms with Crippen LogP contribution in [0.3, 0.4) is 0 Å². The van der Waals surface area contributed by atoms with Gasteiger partial charge in [-0.1, -0.05) is 237 Å². The van der Waals surface area contributed by atoms with Crippen molar-refractivity contribution in [3.8, 4) is 66.8 Å². The zero-order valence-electron chi connectivity index (χ0n) is 38.4. The van der Waals surface area contributed by atoms with E-state index in [2.05, 4.69) is 278 Å². The molecule has 0 amide bonds. The summed E-state index contributed by atoms with van der Waals surface area (Å²) in [7, 11) is 0. The van der Waals surface area contributed by atoms with Crippen LogP contribution in [-0.4, -0.2) is 0 Å². The molecule has 0 saturated heterocycles. The fourth-order valence-corrected chi connectivity index (χ4v) is 12.1. The van der Waals surface area contributed by atoms with Gasteiger partial charge in [-0.15, -0.1) is 0 Å². The fraction of sp³-hybridized carbons (Fsp3) is 0.0145. The summed E-state index contributed by atoms with van der Waals surface area (Å²) in [6, 6.07) is 101. The van der Waals surface area contributed by atoms with Crippen molar-refractivity contribution in [1.29, 1.82) is 0 Å². The predicted octanol–water partition coefficient (Wildman–Crippen LogP) is 18.5. The SMILES string of the molecule is c1ccc(-c2ccccc2-c2c(-c3ccccc3)cccc2N(c2ccc(-c3ccc4c(ccc5ccccc54)c3)cc2)c2ccc3c(c2)-c2ccccc2C32c3ccccc3-c3ccccc32)cc1. The van der Waals surface area contributed by atoms with Gasteiger partial charge in [-0.25, -0.2) is 0 Å². The molecular formula is C69H45N. The molecule has 0 aliphatic heterocycles. The Morgan fingerprint density at radius 2 is 0.729 bits per heavy atom. The van der Waals surface area contributed by atoms with E-state index < -0.39 is 5.41 Å². The van der Waals surface area contributed by atoms with Crippen molar-refractivity contribution in [2.24, 2.45) is 0 Å². The van der Waals surface area contributed by atoms with Gasteiger partial charge < -0.3 is 4.90 Å². The first kappa shape index (κ1) is 40.1. The van der Waals surface area contributed by atoms with E-state index in [-0.39, 0.29) is 0 Å². The monoisotopic (exact) mass is 887 g/mol. The average molecular weight is 888 g/mol. The van der Waals surface area contributed by atoms with Gasteiger partial charge >= 0.3 is 0 Å². The lowest BCUT2D eigenvalue weighted by atomic mass is 9.70. The molecule has 2 aliphatic carbocycles. The highest BCUT2D eigenvalue weighted by Crippen LogP contribution is 2.63. The van der Waals surface area contributed by atoms with Gasteiger partial charge in [-0.2, -0.15) is 0 Å². The van der Waals surface area contributed by atoms with Crippen LogP contribution >= 0.6 is 0 Å². The standard InChI is InChI=1S/C69H45N/c1-3-18-47(19-4-1)55-24-9-10-28-61(55)68-57(48-20-5-2-6-21-48)29-17-33-67(68)70(52-39-36-46(37-40-52)50-38-42-56-51(44-50)35-34-49-22-7-8-23-54(49)56)53-41-43-66-62(45-53)60-27-13-16-32-65(60)69(66)63-30-14-11-25-58(63)59-26-12-15-31-64(59)69/h1-45H. The molecule has 12 aromatic carbocycles. The number of fused-ring (bicyclic) bond motifs is 13. The smallest absolute Gasteiger partial charge is 0.0725 e. The molecule has 1 nitrogen and oxygen atoms in total. The summed E-state index contributed by atoms with van der Waals surface area (Å²) in [4.78, 5) is 2.50. The summed E-state index contributed by atoms with van der Waals surface area (Å²) in [6.45, 7) is 0. The normalized spacial score (nSPS) is 12.7. The lowest BCUT2D eigenvalue weighted by Gasteiger charge is -2.32. The maximum atomic E-state index is 2.50. The quantitative estimate of drug-likeness (QED) is 0.144. The third-order valence-corrected chi connectivity index (χ3v) is 15.1. The lowest BCUT2D eigenvalue weighted by molar-refractivity contribution is 0.794. The Morgan fingerprint density at radius 3 is 1.41 bits per heavy atom. The summed E-state index contributed by atoms with van der Waals surface area (Å²) >= 11 is 0. The van der Waals surface area contributed by atoms with Crippen LogP contribution in [0, 0.1) is 0 Å². The van der Waals surface area contributed by atoms with Gasteiger partial charge in [0.1, 0.15) is 0 Å². The fourth-order valence-electron chi connectivity index (χ4n) is 12.1. The lowest BCUT2D eigenvalue weighted by Crippen LogP contribution is -2.25. The second-order valence-corrected chi connectivity index (χ2v) is 18.7. The maximum absolute atomic E-state index is 2.50. The van der Waals surface area contributed by atoms with Crippen LogP contribution in [0.1, 0.15) is 22.3 Å². The number of nitrogens with zero attached hydrogens (tertiary/aromatic N) is 1. The van der Waals surface area contributed by atoms with Gasteiger partial charge in [-0.3, -0.25) is 0 Å². The average Bonchev–Trinajstić information content (AvgIpc) is 3.90. The predicted molar refractivity (Wildman–Crippen MR) is 294 cm³/mol. The van der Waals surface area contributed by atoms with Crippen LogP contribution in [0.4, 0.5) is 17.1 Å². The van der Waals surface area contributed by atoms with Gasteiger partial charge in [0, 0.05) is 16.9 Å². The highest BCUT2D eigenvalue weighted by molar-refractivity contribution is 6.09. The largest absolute Gasteiger partial charge is 0.310 e. The molecule has 2 aliphatic rings. The minimum Gasteiger partial charge on any atom is -0.310 e. The van der Waals surface area contributed by atoms with E-state index in [0.29, 0.717) is 0 Å². The molecule has 0 saturated carbocycles. The molecule has 1 spiro atoms. The van der Waals surface area contributed by atoms with E-state index in [0.717, 1.165) is 17.1 Å². The molecule has 0 bridgehead atoms. The van der Waals surface area contributed by atoms with Crippen molar-refractivity contribution in [2.75, 3.05) is 4.90 Å². The Labute approximate surface area is 408 Å². The van der Waals surface area contributed by atoms with Gasteiger partial charge in [-0.05, 0) is 141 Å². The maximum Gasteiger partial charge on any atom is 0.0725 e. The van der Waals surface area contributed by atoms with Crippen molar-refractivity contribution in [3.63, 3.8) is 0 Å². The van der Waals surface area contributed by atoms with Crippen LogP contribution in [0.15, 0.2) is 273 Å². The Hall–Kier alpha value is -9.04. The first-order valence-corrected chi connectivity index (χ1v) is 24.3. The Bertz CT molecular complexity index is 3950. The Kier molecular flexibility index (Phi) is 9.19. The highest BCUT2D eigenvalue weighted by atomic mass is 15.1. The number of anilines is 3. The first-order valence-electron chi connectivity index (χ1n) is 24.3. The van der Waals surface area contributed by atoms with Gasteiger partial charge in [0.2, 0.25) is 0 Å². The first-order chi connectivity index (χ1) is 34.7. The second kappa shape index (κ2) is 16.0. The van der Waals surface area contributed by atoms with Crippen molar-refractivity contribution >= 4 is 38.6 Å². The molecule has 0 N–H and O–H groups in total. The van der Waals surface area contributed by atoms with Crippen molar-refractivity contribution in [3.05, 3.63) is 295 Å². The zero-order chi connectivity index (χ0) is 46.2. The third-order valence-electron chi connectivity index (χ3n) is 15.1. The van der Waals surface area contributed by atoms with E-state index in [1.165, 1.54) is 111 Å². The molecule has 0 atom stereocenters. The van der Waals surface area contributed by atoms with Crippen molar-refractivity contribution < 1.29 is 0 Å². The zero-order valence-corrected chi connectivity index (χ0v) is 38.4. The molecule has 1 heteroatoms. The van der Waals surface area contributed by atoms with Gasteiger partial charge in [0.05, 0.1) is 11.1 Å². The number of rotatable bonds is 7. The number of hydrogen-bond donors (Lipinski definition) is 0. The van der Waals surface area contributed by atoms with E-state index in [4.69, 9.17) is 0 Å². The molecule has 326 valence electrons. The Morgan fingerprint density at radius 1 is 0.243 bits per heavy atom. The summed E-state index contributed by atoms with van der Waals surface area (Å²) in [5, 5.41) is 5.06. The summed E-state index contributed by atoms with van der Waals surface area (Å²) in [6.07, 6.45) is 0. The number of benzene rings is 12. The van der Waals surface area contributed by atoms with Gasteiger partial charge in [0.15, 0.2) is 0 Å². The topological polar surface area (TPSA) is 3.24 Å². The Balaban J connectivity index is 1.01. The number of hydrogen-bond acceptors (Lipinski definition) is 1. The second-order valence-electron chi connectivity index (χ2n) is 18.7. The van der Waals surface area contributed by atoms with Crippen LogP contribution in [0.25, 0.3) is 88.3 Å². The molecule has 70 heavy (non-hydrogen) atoms. The molecule has 14 rings (SSSR count). The van der Waals surface area contributed by atoms with E-state index in [1.54, 1.807) is 0 Å². The van der Waals surface area contributed by atoms with Crippen LogP contribution in [0.5, 0.6) is 0 Å². The molecule has 0 heterocycles. The molecule has 0 aromatic heterocycles. The summed E-state index contributed by atoms with van der Waals surface area (Å²) in [5.74, 6) is 0. The molecule has 0 radical (unpaired) electrons. The van der Waals surface area contributed by atoms with E-state index in [9.17, 15) is 0 Å². The summed E-state index contributed by atoms with van der Waals surface area (Å²) in [5.41, 5.74) is 22.8. The molecule has 0 fully saturated rings. The molecular weight excluding hydrogens is 843 g/mol.